The van der Waals surface area contributed by atoms with Gasteiger partial charge in [0.2, 0.25) is 5.91 Å². The number of benzene rings is 2. The molecule has 0 fully saturated rings. The lowest BCUT2D eigenvalue weighted by atomic mass is 10.1. The van der Waals surface area contributed by atoms with Crippen LogP contribution in [-0.4, -0.2) is 18.0 Å². The van der Waals surface area contributed by atoms with Crippen molar-refractivity contribution in [2.45, 2.75) is 19.9 Å². The maximum absolute atomic E-state index is 12.2. The van der Waals surface area contributed by atoms with Crippen LogP contribution in [-0.2, 0) is 17.8 Å². The molecule has 3 aromatic rings. The SMILES string of the molecule is COc1ccc(CC(=O)NCc2sc(-c3ccccc3Cl)nc2C)cc1. The predicted octanol–water partition coefficient (Wildman–Crippen LogP) is 4.64. The largest absolute Gasteiger partial charge is 0.497 e. The Hall–Kier alpha value is -2.37. The molecule has 0 unspecified atom stereocenters. The topological polar surface area (TPSA) is 51.2 Å². The molecule has 0 aliphatic heterocycles. The molecular weight excluding hydrogens is 368 g/mol. The summed E-state index contributed by atoms with van der Waals surface area (Å²) in [4.78, 5) is 17.8. The van der Waals surface area contributed by atoms with Crippen molar-refractivity contribution in [2.75, 3.05) is 7.11 Å². The van der Waals surface area contributed by atoms with Crippen molar-refractivity contribution in [1.29, 1.82) is 0 Å². The second-order valence-corrected chi connectivity index (χ2v) is 7.30. The lowest BCUT2D eigenvalue weighted by molar-refractivity contribution is -0.120. The van der Waals surface area contributed by atoms with E-state index in [0.717, 1.165) is 32.5 Å². The third-order valence-electron chi connectivity index (χ3n) is 3.97. The number of rotatable bonds is 6. The van der Waals surface area contributed by atoms with Crippen LogP contribution in [0.3, 0.4) is 0 Å². The van der Waals surface area contributed by atoms with E-state index in [4.69, 9.17) is 16.3 Å². The van der Waals surface area contributed by atoms with Gasteiger partial charge in [0.05, 0.1) is 30.8 Å². The summed E-state index contributed by atoms with van der Waals surface area (Å²) in [6.45, 7) is 2.41. The van der Waals surface area contributed by atoms with E-state index in [1.165, 1.54) is 0 Å². The second-order valence-electron chi connectivity index (χ2n) is 5.81. The summed E-state index contributed by atoms with van der Waals surface area (Å²) in [6, 6.07) is 15.1. The van der Waals surface area contributed by atoms with E-state index >= 15 is 0 Å². The number of hydrogen-bond donors (Lipinski definition) is 1. The molecule has 3 rings (SSSR count). The number of amides is 1. The number of ether oxygens (including phenoxy) is 1. The number of carbonyl (C=O) groups excluding carboxylic acids is 1. The van der Waals surface area contributed by atoms with Crippen molar-refractivity contribution in [2.24, 2.45) is 0 Å². The highest BCUT2D eigenvalue weighted by molar-refractivity contribution is 7.15. The monoisotopic (exact) mass is 386 g/mol. The predicted molar refractivity (Wildman–Crippen MR) is 106 cm³/mol. The minimum Gasteiger partial charge on any atom is -0.497 e. The summed E-state index contributed by atoms with van der Waals surface area (Å²) in [6.07, 6.45) is 0.333. The van der Waals surface area contributed by atoms with Crippen molar-refractivity contribution in [3.8, 4) is 16.3 Å². The molecule has 6 heteroatoms. The molecule has 0 spiro atoms. The summed E-state index contributed by atoms with van der Waals surface area (Å²) in [5.41, 5.74) is 2.77. The molecule has 1 amide bonds. The molecule has 26 heavy (non-hydrogen) atoms. The van der Waals surface area contributed by atoms with Crippen LogP contribution in [0.15, 0.2) is 48.5 Å². The summed E-state index contributed by atoms with van der Waals surface area (Å²) >= 11 is 7.80. The fraction of sp³-hybridized carbons (Fsp3) is 0.200. The Morgan fingerprint density at radius 3 is 2.62 bits per heavy atom. The molecule has 0 aliphatic carbocycles. The Balaban J connectivity index is 1.62. The summed E-state index contributed by atoms with van der Waals surface area (Å²) in [7, 11) is 1.62. The maximum atomic E-state index is 12.2. The molecule has 2 aromatic carbocycles. The Kier molecular flexibility index (Phi) is 5.91. The van der Waals surface area contributed by atoms with Gasteiger partial charge in [0.15, 0.2) is 0 Å². The number of carbonyl (C=O) groups is 1. The number of halogens is 1. The van der Waals surface area contributed by atoms with Crippen molar-refractivity contribution < 1.29 is 9.53 Å². The van der Waals surface area contributed by atoms with Gasteiger partial charge in [0.25, 0.3) is 0 Å². The van der Waals surface area contributed by atoms with Crippen LogP contribution in [0.1, 0.15) is 16.1 Å². The highest BCUT2D eigenvalue weighted by atomic mass is 35.5. The summed E-state index contributed by atoms with van der Waals surface area (Å²) in [5, 5.41) is 4.51. The van der Waals surface area contributed by atoms with Crippen LogP contribution in [0.25, 0.3) is 10.6 Å². The number of aryl methyl sites for hydroxylation is 1. The number of nitrogens with one attached hydrogen (secondary N) is 1. The van der Waals surface area contributed by atoms with E-state index < -0.39 is 0 Å². The van der Waals surface area contributed by atoms with Crippen molar-refractivity contribution in [3.05, 3.63) is 69.7 Å². The Bertz CT molecular complexity index is 906. The highest BCUT2D eigenvalue weighted by Crippen LogP contribution is 2.32. The van der Waals surface area contributed by atoms with Gasteiger partial charge in [-0.2, -0.15) is 0 Å². The van der Waals surface area contributed by atoms with Crippen LogP contribution < -0.4 is 10.1 Å². The Labute approximate surface area is 161 Å². The van der Waals surface area contributed by atoms with Crippen molar-refractivity contribution in [1.82, 2.24) is 10.3 Å². The van der Waals surface area contributed by atoms with E-state index in [9.17, 15) is 4.79 Å². The summed E-state index contributed by atoms with van der Waals surface area (Å²) < 4.78 is 5.12. The van der Waals surface area contributed by atoms with E-state index in [1.54, 1.807) is 18.4 Å². The molecule has 1 aromatic heterocycles. The van der Waals surface area contributed by atoms with Crippen LogP contribution in [0.4, 0.5) is 0 Å². The van der Waals surface area contributed by atoms with Gasteiger partial charge in [-0.25, -0.2) is 4.98 Å². The normalized spacial score (nSPS) is 10.6. The number of methoxy groups -OCH3 is 1. The quantitative estimate of drug-likeness (QED) is 0.671. The fourth-order valence-corrected chi connectivity index (χ4v) is 3.83. The lowest BCUT2D eigenvalue weighted by Crippen LogP contribution is -2.24. The number of aromatic nitrogens is 1. The molecule has 0 bridgehead atoms. The zero-order valence-corrected chi connectivity index (χ0v) is 16.2. The number of nitrogens with zero attached hydrogens (tertiary/aromatic N) is 1. The first-order valence-corrected chi connectivity index (χ1v) is 9.37. The molecule has 1 N–H and O–H groups in total. The first kappa shape index (κ1) is 18.4. The van der Waals surface area contributed by atoms with Crippen LogP contribution in [0.2, 0.25) is 5.02 Å². The van der Waals surface area contributed by atoms with E-state index in [-0.39, 0.29) is 5.91 Å². The molecule has 0 atom stereocenters. The van der Waals surface area contributed by atoms with Gasteiger partial charge >= 0.3 is 0 Å². The number of hydrogen-bond acceptors (Lipinski definition) is 4. The maximum Gasteiger partial charge on any atom is 0.224 e. The molecular formula is C20H19ClN2O2S. The van der Waals surface area contributed by atoms with Crippen molar-refractivity contribution >= 4 is 28.8 Å². The average molecular weight is 387 g/mol. The van der Waals surface area contributed by atoms with E-state index in [0.29, 0.717) is 18.0 Å². The van der Waals surface area contributed by atoms with Crippen molar-refractivity contribution in [3.63, 3.8) is 0 Å². The first-order chi connectivity index (χ1) is 12.6. The van der Waals surface area contributed by atoms with Gasteiger partial charge in [-0.1, -0.05) is 41.9 Å². The molecule has 0 saturated heterocycles. The van der Waals surface area contributed by atoms with Crippen LogP contribution in [0.5, 0.6) is 5.75 Å². The highest BCUT2D eigenvalue weighted by Gasteiger charge is 2.13. The third-order valence-corrected chi connectivity index (χ3v) is 5.49. The average Bonchev–Trinajstić information content (AvgIpc) is 3.01. The summed E-state index contributed by atoms with van der Waals surface area (Å²) in [5.74, 6) is 0.754. The molecule has 134 valence electrons. The van der Waals surface area contributed by atoms with Gasteiger partial charge in [-0.3, -0.25) is 4.79 Å². The van der Waals surface area contributed by atoms with Gasteiger partial charge in [0.1, 0.15) is 10.8 Å². The van der Waals surface area contributed by atoms with Crippen LogP contribution >= 0.6 is 22.9 Å². The second kappa shape index (κ2) is 8.34. The Morgan fingerprint density at radius 2 is 1.92 bits per heavy atom. The minimum atomic E-state index is -0.0257. The zero-order chi connectivity index (χ0) is 18.5. The molecule has 1 heterocycles. The minimum absolute atomic E-state index is 0.0257. The smallest absolute Gasteiger partial charge is 0.224 e. The fourth-order valence-electron chi connectivity index (χ4n) is 2.51. The first-order valence-electron chi connectivity index (χ1n) is 8.17. The van der Waals surface area contributed by atoms with E-state index in [2.05, 4.69) is 10.3 Å². The zero-order valence-electron chi connectivity index (χ0n) is 14.6. The number of thiazole rings is 1. The standard InChI is InChI=1S/C20H19ClN2O2S/c1-13-18(26-20(23-13)16-5-3-4-6-17(16)21)12-22-19(24)11-14-7-9-15(25-2)10-8-14/h3-10H,11-12H2,1-2H3,(H,22,24). The van der Waals surface area contributed by atoms with Gasteiger partial charge in [-0.05, 0) is 30.7 Å². The van der Waals surface area contributed by atoms with Crippen LogP contribution in [0, 0.1) is 6.92 Å². The molecule has 0 radical (unpaired) electrons. The Morgan fingerprint density at radius 1 is 1.19 bits per heavy atom. The lowest BCUT2D eigenvalue weighted by Gasteiger charge is -2.05. The molecule has 0 saturated carbocycles. The molecule has 4 nitrogen and oxygen atoms in total. The van der Waals surface area contributed by atoms with E-state index in [1.807, 2.05) is 55.5 Å². The third kappa shape index (κ3) is 4.42. The van der Waals surface area contributed by atoms with Gasteiger partial charge in [0, 0.05) is 10.4 Å². The molecule has 0 aliphatic rings. The van der Waals surface area contributed by atoms with Gasteiger partial charge < -0.3 is 10.1 Å². The van der Waals surface area contributed by atoms with Gasteiger partial charge in [-0.15, -0.1) is 11.3 Å².